The first-order chi connectivity index (χ1) is 9.78. The molecule has 0 spiro atoms. The summed E-state index contributed by atoms with van der Waals surface area (Å²) in [4.78, 5) is 18.4. The van der Waals surface area contributed by atoms with E-state index in [0.717, 1.165) is 16.4 Å². The molecule has 1 amide bonds. The van der Waals surface area contributed by atoms with Gasteiger partial charge in [-0.3, -0.25) is 4.79 Å². The molecule has 1 aromatic heterocycles. The number of amides is 1. The van der Waals surface area contributed by atoms with Crippen LogP contribution < -0.4 is 4.90 Å². The molecule has 0 radical (unpaired) electrons. The molecular formula is C14H11N3OS2. The fraction of sp³-hybridized carbons (Fsp3) is 0.214. The SMILES string of the molecule is N#Cc1ccc(N2CC[C@@H](Sc3nccs3)C2=O)cc1. The number of hydrogen-bond acceptors (Lipinski definition) is 5. The third kappa shape index (κ3) is 2.55. The maximum absolute atomic E-state index is 12.4. The molecule has 0 bridgehead atoms. The van der Waals surface area contributed by atoms with Gasteiger partial charge in [0.1, 0.15) is 0 Å². The zero-order valence-corrected chi connectivity index (χ0v) is 12.2. The third-order valence-corrected chi connectivity index (χ3v) is 5.29. The summed E-state index contributed by atoms with van der Waals surface area (Å²) in [6.07, 6.45) is 2.58. The van der Waals surface area contributed by atoms with Crippen LogP contribution in [0.15, 0.2) is 40.2 Å². The lowest BCUT2D eigenvalue weighted by atomic mass is 10.2. The Morgan fingerprint density at radius 2 is 2.20 bits per heavy atom. The minimum Gasteiger partial charge on any atom is -0.311 e. The fourth-order valence-corrected chi connectivity index (χ4v) is 4.04. The van der Waals surface area contributed by atoms with Crippen LogP contribution in [-0.2, 0) is 4.79 Å². The average Bonchev–Trinajstić information content (AvgIpc) is 3.11. The highest BCUT2D eigenvalue weighted by molar-refractivity contribution is 8.02. The quantitative estimate of drug-likeness (QED) is 0.874. The van der Waals surface area contributed by atoms with E-state index in [1.54, 1.807) is 34.6 Å². The molecular weight excluding hydrogens is 290 g/mol. The van der Waals surface area contributed by atoms with E-state index in [-0.39, 0.29) is 11.2 Å². The molecule has 0 aliphatic carbocycles. The minimum atomic E-state index is -0.0585. The second kappa shape index (κ2) is 5.65. The molecule has 100 valence electrons. The van der Waals surface area contributed by atoms with E-state index in [9.17, 15) is 4.79 Å². The maximum atomic E-state index is 12.4. The van der Waals surface area contributed by atoms with Gasteiger partial charge in [-0.2, -0.15) is 5.26 Å². The van der Waals surface area contributed by atoms with Gasteiger partial charge in [-0.15, -0.1) is 11.3 Å². The van der Waals surface area contributed by atoms with Crippen LogP contribution in [0.25, 0.3) is 0 Å². The number of rotatable bonds is 3. The maximum Gasteiger partial charge on any atom is 0.240 e. The van der Waals surface area contributed by atoms with E-state index in [0.29, 0.717) is 12.1 Å². The van der Waals surface area contributed by atoms with Crippen molar-refractivity contribution in [2.24, 2.45) is 0 Å². The second-order valence-corrected chi connectivity index (χ2v) is 6.69. The van der Waals surface area contributed by atoms with Crippen molar-refractivity contribution in [3.63, 3.8) is 0 Å². The van der Waals surface area contributed by atoms with Gasteiger partial charge in [0.25, 0.3) is 0 Å². The molecule has 0 N–H and O–H groups in total. The van der Waals surface area contributed by atoms with Crippen LogP contribution in [-0.4, -0.2) is 22.7 Å². The summed E-state index contributed by atoms with van der Waals surface area (Å²) in [6.45, 7) is 0.716. The number of carbonyl (C=O) groups is 1. The summed E-state index contributed by atoms with van der Waals surface area (Å²) >= 11 is 3.09. The van der Waals surface area contributed by atoms with Gasteiger partial charge in [0.2, 0.25) is 5.91 Å². The molecule has 20 heavy (non-hydrogen) atoms. The molecule has 0 saturated carbocycles. The Bertz CT molecular complexity index is 646. The number of hydrogen-bond donors (Lipinski definition) is 0. The van der Waals surface area contributed by atoms with Gasteiger partial charge in [0.05, 0.1) is 16.9 Å². The van der Waals surface area contributed by atoms with Gasteiger partial charge in [-0.25, -0.2) is 4.98 Å². The van der Waals surface area contributed by atoms with Crippen LogP contribution in [0.4, 0.5) is 5.69 Å². The van der Waals surface area contributed by atoms with Crippen molar-refractivity contribution < 1.29 is 4.79 Å². The van der Waals surface area contributed by atoms with Crippen molar-refractivity contribution in [2.75, 3.05) is 11.4 Å². The minimum absolute atomic E-state index is 0.0585. The number of thioether (sulfide) groups is 1. The molecule has 2 heterocycles. The number of nitrogens with zero attached hydrogens (tertiary/aromatic N) is 3. The van der Waals surface area contributed by atoms with Gasteiger partial charge < -0.3 is 4.90 Å². The zero-order chi connectivity index (χ0) is 13.9. The standard InChI is InChI=1S/C14H11N3OS2/c15-9-10-1-3-11(4-2-10)17-7-5-12(13(17)18)20-14-16-6-8-19-14/h1-4,6,8,12H,5,7H2/t12-/m1/s1. The van der Waals surface area contributed by atoms with Crippen LogP contribution >= 0.6 is 23.1 Å². The number of thiazole rings is 1. The Morgan fingerprint density at radius 3 is 2.85 bits per heavy atom. The third-order valence-electron chi connectivity index (χ3n) is 3.12. The molecule has 1 aromatic carbocycles. The van der Waals surface area contributed by atoms with E-state index in [4.69, 9.17) is 5.26 Å². The van der Waals surface area contributed by atoms with Crippen LogP contribution in [0.3, 0.4) is 0 Å². The molecule has 6 heteroatoms. The lowest BCUT2D eigenvalue weighted by Crippen LogP contribution is -2.27. The fourth-order valence-electron chi connectivity index (χ4n) is 2.13. The predicted octanol–water partition coefficient (Wildman–Crippen LogP) is 2.91. The summed E-state index contributed by atoms with van der Waals surface area (Å²) in [5, 5.41) is 10.7. The zero-order valence-electron chi connectivity index (χ0n) is 10.5. The molecule has 1 fully saturated rings. The lowest BCUT2D eigenvalue weighted by molar-refractivity contribution is -0.116. The van der Waals surface area contributed by atoms with E-state index in [1.165, 1.54) is 11.8 Å². The van der Waals surface area contributed by atoms with Crippen LogP contribution in [0.1, 0.15) is 12.0 Å². The van der Waals surface area contributed by atoms with Crippen molar-refractivity contribution in [3.8, 4) is 6.07 Å². The molecule has 2 aromatic rings. The van der Waals surface area contributed by atoms with Crippen molar-refractivity contribution in [3.05, 3.63) is 41.4 Å². The summed E-state index contributed by atoms with van der Waals surface area (Å²) in [7, 11) is 0. The molecule has 1 aliphatic heterocycles. The molecule has 4 nitrogen and oxygen atoms in total. The number of carbonyl (C=O) groups excluding carboxylic acids is 1. The Balaban J connectivity index is 1.73. The van der Waals surface area contributed by atoms with Gasteiger partial charge >= 0.3 is 0 Å². The number of aromatic nitrogens is 1. The highest BCUT2D eigenvalue weighted by Gasteiger charge is 2.33. The molecule has 3 rings (SSSR count). The second-order valence-electron chi connectivity index (χ2n) is 4.34. The topological polar surface area (TPSA) is 57.0 Å². The summed E-state index contributed by atoms with van der Waals surface area (Å²) in [6, 6.07) is 9.21. The van der Waals surface area contributed by atoms with E-state index in [1.807, 2.05) is 17.5 Å². The first kappa shape index (κ1) is 13.2. The van der Waals surface area contributed by atoms with E-state index < -0.39 is 0 Å². The Kier molecular flexibility index (Phi) is 3.72. The van der Waals surface area contributed by atoms with Crippen molar-refractivity contribution in [1.82, 2.24) is 4.98 Å². The lowest BCUT2D eigenvalue weighted by Gasteiger charge is -2.16. The summed E-state index contributed by atoms with van der Waals surface area (Å²) in [5.41, 5.74) is 1.46. The first-order valence-electron chi connectivity index (χ1n) is 6.15. The Labute approximate surface area is 125 Å². The predicted molar refractivity (Wildman–Crippen MR) is 79.9 cm³/mol. The molecule has 1 aliphatic rings. The van der Waals surface area contributed by atoms with Gasteiger partial charge in [0.15, 0.2) is 4.34 Å². The van der Waals surface area contributed by atoms with Gasteiger partial charge in [-0.1, -0.05) is 11.8 Å². The smallest absolute Gasteiger partial charge is 0.240 e. The average molecular weight is 301 g/mol. The number of anilines is 1. The largest absolute Gasteiger partial charge is 0.311 e. The molecule has 1 saturated heterocycles. The van der Waals surface area contributed by atoms with Crippen molar-refractivity contribution in [2.45, 2.75) is 16.0 Å². The monoisotopic (exact) mass is 301 g/mol. The molecule has 0 unspecified atom stereocenters. The van der Waals surface area contributed by atoms with Gasteiger partial charge in [-0.05, 0) is 30.7 Å². The van der Waals surface area contributed by atoms with Crippen LogP contribution in [0.5, 0.6) is 0 Å². The van der Waals surface area contributed by atoms with Crippen LogP contribution in [0.2, 0.25) is 0 Å². The van der Waals surface area contributed by atoms with Crippen molar-refractivity contribution in [1.29, 1.82) is 5.26 Å². The number of nitriles is 1. The first-order valence-corrected chi connectivity index (χ1v) is 7.91. The van der Waals surface area contributed by atoms with Crippen LogP contribution in [0, 0.1) is 11.3 Å². The van der Waals surface area contributed by atoms with Gasteiger partial charge in [0, 0.05) is 23.8 Å². The summed E-state index contributed by atoms with van der Waals surface area (Å²) < 4.78 is 0.935. The van der Waals surface area contributed by atoms with E-state index in [2.05, 4.69) is 11.1 Å². The highest BCUT2D eigenvalue weighted by atomic mass is 32.2. The normalized spacial score (nSPS) is 18.2. The Hall–Kier alpha value is -1.84. The van der Waals surface area contributed by atoms with Crippen molar-refractivity contribution >= 4 is 34.7 Å². The molecule has 1 atom stereocenters. The highest BCUT2D eigenvalue weighted by Crippen LogP contribution is 2.33. The Morgan fingerprint density at radius 1 is 1.40 bits per heavy atom. The summed E-state index contributed by atoms with van der Waals surface area (Å²) in [5.74, 6) is 0.120. The van der Waals surface area contributed by atoms with E-state index >= 15 is 0 Å². The number of benzene rings is 1.